The molecule has 0 saturated heterocycles. The van der Waals surface area contributed by atoms with E-state index in [0.29, 0.717) is 45.2 Å². The largest absolute Gasteiger partial charge is 0.342 e. The predicted molar refractivity (Wildman–Crippen MR) is 216 cm³/mol. The van der Waals surface area contributed by atoms with Crippen LogP contribution in [0.4, 0.5) is 22.8 Å². The summed E-state index contributed by atoms with van der Waals surface area (Å²) in [5.41, 5.74) is 7.53. The van der Waals surface area contributed by atoms with Crippen LogP contribution in [0.2, 0.25) is 0 Å². The number of halogens is 5. The van der Waals surface area contributed by atoms with E-state index in [4.69, 9.17) is 23.2 Å². The van der Waals surface area contributed by atoms with E-state index < -0.39 is 10.7 Å². The van der Waals surface area contributed by atoms with Crippen molar-refractivity contribution in [2.24, 2.45) is 0 Å². The number of nitrogens with zero attached hydrogens (tertiary/aromatic N) is 11. The highest BCUT2D eigenvalue weighted by Gasteiger charge is 2.21. The maximum absolute atomic E-state index is 13.1. The van der Waals surface area contributed by atoms with Gasteiger partial charge in [0.15, 0.2) is 0 Å². The molecular formula is C41H25Cl2F3N12O2. The number of aromatic amines is 1. The fourth-order valence-electron chi connectivity index (χ4n) is 5.70. The maximum atomic E-state index is 13.1. The molecule has 0 spiro atoms. The van der Waals surface area contributed by atoms with Crippen molar-refractivity contribution in [3.05, 3.63) is 164 Å². The molecule has 0 aliphatic rings. The number of rotatable bonds is 6. The van der Waals surface area contributed by atoms with Crippen LogP contribution in [0.25, 0.3) is 67.5 Å². The third-order valence-corrected chi connectivity index (χ3v) is 8.76. The Morgan fingerprint density at radius 1 is 0.417 bits per heavy atom. The minimum atomic E-state index is -0.790. The van der Waals surface area contributed by atoms with Crippen molar-refractivity contribution in [2.45, 2.75) is 0 Å². The molecule has 0 amide bonds. The van der Waals surface area contributed by atoms with Crippen molar-refractivity contribution in [3.8, 4) is 67.5 Å². The first-order valence-corrected chi connectivity index (χ1v) is 18.1. The molecule has 0 aliphatic heterocycles. The van der Waals surface area contributed by atoms with E-state index in [2.05, 4.69) is 51.0 Å². The van der Waals surface area contributed by atoms with Gasteiger partial charge in [-0.05, 0) is 132 Å². The summed E-state index contributed by atoms with van der Waals surface area (Å²) in [6.45, 7) is 0. The van der Waals surface area contributed by atoms with Crippen molar-refractivity contribution >= 4 is 33.9 Å². The van der Waals surface area contributed by atoms with Crippen LogP contribution >= 0.6 is 23.2 Å². The lowest BCUT2D eigenvalue weighted by Crippen LogP contribution is -2.06. The van der Waals surface area contributed by atoms with Gasteiger partial charge >= 0.3 is 10.7 Å². The fraction of sp³-hybridized carbons (Fsp3) is 0. The molecule has 14 nitrogen and oxygen atoms in total. The highest BCUT2D eigenvalue weighted by molar-refractivity contribution is 6.63. The predicted octanol–water partition coefficient (Wildman–Crippen LogP) is 9.38. The molecule has 0 atom stereocenters. The first-order valence-electron chi connectivity index (χ1n) is 17.4. The minimum absolute atomic E-state index is 0.271. The quantitative estimate of drug-likeness (QED) is 0.158. The van der Waals surface area contributed by atoms with Gasteiger partial charge in [0, 0.05) is 70.6 Å². The molecule has 0 unspecified atom stereocenters. The topological polar surface area (TPSA) is 176 Å². The molecule has 6 heterocycles. The van der Waals surface area contributed by atoms with Crippen molar-refractivity contribution in [3.63, 3.8) is 0 Å². The molecule has 9 rings (SSSR count). The first-order chi connectivity index (χ1) is 29.2. The van der Waals surface area contributed by atoms with Crippen LogP contribution < -0.4 is 0 Å². The van der Waals surface area contributed by atoms with E-state index in [1.807, 2.05) is 12.1 Å². The highest BCUT2D eigenvalue weighted by atomic mass is 35.5. The lowest BCUT2D eigenvalue weighted by Gasteiger charge is -2.05. The smallest absolute Gasteiger partial charge is 0.265 e. The zero-order valence-electron chi connectivity index (χ0n) is 30.5. The molecule has 9 aromatic rings. The Morgan fingerprint density at radius 2 is 0.700 bits per heavy atom. The number of hydrogen-bond donors (Lipinski definition) is 1. The second kappa shape index (κ2) is 18.7. The van der Waals surface area contributed by atoms with Gasteiger partial charge in [-0.1, -0.05) is 10.4 Å². The number of carbonyl (C=O) groups is 2. The molecular weight excluding hydrogens is 820 g/mol. The van der Waals surface area contributed by atoms with Gasteiger partial charge in [0.05, 0.1) is 0 Å². The maximum Gasteiger partial charge on any atom is 0.342 e. The van der Waals surface area contributed by atoms with E-state index in [9.17, 15) is 22.8 Å². The molecule has 0 bridgehead atoms. The SMILES string of the molecule is Fc1ccc(-c2n[nH]nc2-c2ccncc2)cc1.O=C(Cl)n1nnc(-c2ccc(F)cc2)c1-c1ccncc1.O=C(Cl)n1nnc(-c2ccncc2)c1-c1ccc(F)cc1. The summed E-state index contributed by atoms with van der Waals surface area (Å²) in [6.07, 6.45) is 9.76. The number of carbonyl (C=O) groups excluding carboxylic acids is 2. The van der Waals surface area contributed by atoms with Crippen LogP contribution in [0.1, 0.15) is 0 Å². The van der Waals surface area contributed by atoms with E-state index in [0.717, 1.165) is 31.7 Å². The molecule has 60 heavy (non-hydrogen) atoms. The van der Waals surface area contributed by atoms with E-state index in [1.54, 1.807) is 85.7 Å². The van der Waals surface area contributed by atoms with Gasteiger partial charge in [-0.25, -0.2) is 13.2 Å². The van der Waals surface area contributed by atoms with Gasteiger partial charge < -0.3 is 0 Å². The second-order valence-corrected chi connectivity index (χ2v) is 12.8. The summed E-state index contributed by atoms with van der Waals surface area (Å²) in [6, 6.07) is 28.2. The van der Waals surface area contributed by atoms with Crippen molar-refractivity contribution < 1.29 is 22.8 Å². The zero-order chi connectivity index (χ0) is 42.0. The Bertz CT molecular complexity index is 2840. The molecule has 0 aliphatic carbocycles. The van der Waals surface area contributed by atoms with Gasteiger partial charge in [0.25, 0.3) is 0 Å². The Balaban J connectivity index is 0.000000137. The van der Waals surface area contributed by atoms with Crippen molar-refractivity contribution in [2.75, 3.05) is 0 Å². The lowest BCUT2D eigenvalue weighted by atomic mass is 10.1. The number of pyridine rings is 3. The molecule has 0 radical (unpaired) electrons. The van der Waals surface area contributed by atoms with E-state index >= 15 is 0 Å². The van der Waals surface area contributed by atoms with E-state index in [-0.39, 0.29) is 17.5 Å². The summed E-state index contributed by atoms with van der Waals surface area (Å²) in [5, 5.41) is 24.8. The van der Waals surface area contributed by atoms with Gasteiger partial charge in [-0.3, -0.25) is 24.5 Å². The minimum Gasteiger partial charge on any atom is -0.265 e. The highest BCUT2D eigenvalue weighted by Crippen LogP contribution is 2.32. The molecule has 0 saturated carbocycles. The van der Waals surface area contributed by atoms with E-state index in [1.165, 1.54) is 48.5 Å². The Kier molecular flexibility index (Phi) is 12.6. The lowest BCUT2D eigenvalue weighted by molar-refractivity contribution is 0.257. The van der Waals surface area contributed by atoms with Crippen LogP contribution in [0.15, 0.2) is 146 Å². The summed E-state index contributed by atoms with van der Waals surface area (Å²) in [5.74, 6) is -1.00. The number of benzene rings is 3. The number of H-pyrrole nitrogens is 1. The molecule has 0 fully saturated rings. The van der Waals surface area contributed by atoms with Crippen LogP contribution in [0, 0.1) is 17.5 Å². The molecule has 3 aromatic carbocycles. The van der Waals surface area contributed by atoms with Crippen LogP contribution in [-0.2, 0) is 0 Å². The zero-order valence-corrected chi connectivity index (χ0v) is 32.0. The van der Waals surface area contributed by atoms with Crippen molar-refractivity contribution in [1.82, 2.24) is 60.4 Å². The standard InChI is InChI=1S/2C14H8ClFN4O.C13H9FN4/c15-14(21)20-13(10-1-3-11(16)4-2-10)12(18-19-20)9-5-7-17-8-6-9;15-14(21)20-13(10-5-7-17-8-6-10)12(18-19-20)9-1-3-11(16)4-2-9;14-11-3-1-9(2-4-11)12-13(17-18-16-12)10-5-7-15-8-6-10/h2*1-8H;1-8H,(H,16,17,18). The number of nitrogens with one attached hydrogen (secondary N) is 1. The summed E-state index contributed by atoms with van der Waals surface area (Å²) in [4.78, 5) is 34.8. The van der Waals surface area contributed by atoms with Crippen LogP contribution in [-0.4, -0.2) is 71.1 Å². The second-order valence-electron chi connectivity index (χ2n) is 12.2. The third kappa shape index (κ3) is 9.33. The third-order valence-electron chi connectivity index (χ3n) is 8.44. The Hall–Kier alpha value is -7.76. The summed E-state index contributed by atoms with van der Waals surface area (Å²) in [7, 11) is 0. The van der Waals surface area contributed by atoms with Crippen LogP contribution in [0.5, 0.6) is 0 Å². The molecule has 19 heteroatoms. The summed E-state index contributed by atoms with van der Waals surface area (Å²) < 4.78 is 41.0. The van der Waals surface area contributed by atoms with Gasteiger partial charge in [0.1, 0.15) is 51.6 Å². The van der Waals surface area contributed by atoms with Gasteiger partial charge in [-0.2, -0.15) is 24.8 Å². The van der Waals surface area contributed by atoms with Crippen LogP contribution in [0.3, 0.4) is 0 Å². The normalized spacial score (nSPS) is 10.6. The monoisotopic (exact) mass is 844 g/mol. The van der Waals surface area contributed by atoms with Gasteiger partial charge in [-0.15, -0.1) is 10.2 Å². The molecule has 6 aromatic heterocycles. The average molecular weight is 846 g/mol. The number of aromatic nitrogens is 12. The Labute approximate surface area is 347 Å². The van der Waals surface area contributed by atoms with Gasteiger partial charge in [0.2, 0.25) is 0 Å². The molecule has 1 N–H and O–H groups in total. The first kappa shape index (κ1) is 40.4. The fourth-order valence-corrected chi connectivity index (χ4v) is 5.94. The average Bonchev–Trinajstić information content (AvgIpc) is 4.06. The molecule has 296 valence electrons. The number of hydrogen-bond acceptors (Lipinski definition) is 11. The van der Waals surface area contributed by atoms with Crippen molar-refractivity contribution in [1.29, 1.82) is 0 Å². The Morgan fingerprint density at radius 3 is 1.07 bits per heavy atom. The summed E-state index contributed by atoms with van der Waals surface area (Å²) >= 11 is 11.1.